The molecule has 1 aliphatic carbocycles. The number of hydrogen-bond acceptors (Lipinski definition) is 3. The lowest BCUT2D eigenvalue weighted by Gasteiger charge is -2.36. The number of rotatable bonds is 2. The van der Waals surface area contributed by atoms with Gasteiger partial charge in [0.15, 0.2) is 0 Å². The second kappa shape index (κ2) is 6.11. The van der Waals surface area contributed by atoms with Gasteiger partial charge >= 0.3 is 0 Å². The van der Waals surface area contributed by atoms with Crippen LogP contribution in [0.15, 0.2) is 0 Å². The van der Waals surface area contributed by atoms with Crippen molar-refractivity contribution in [1.29, 1.82) is 0 Å². The highest BCUT2D eigenvalue weighted by molar-refractivity contribution is 4.90. The molecule has 3 aliphatic rings. The Morgan fingerprint density at radius 1 is 0.737 bits per heavy atom. The van der Waals surface area contributed by atoms with Crippen molar-refractivity contribution in [3.05, 3.63) is 0 Å². The predicted molar refractivity (Wildman–Crippen MR) is 80.2 cm³/mol. The molecule has 2 aliphatic heterocycles. The molecular formula is C16H31N3. The molecule has 1 unspecified atom stereocenters. The minimum absolute atomic E-state index is 0.466. The zero-order valence-corrected chi connectivity index (χ0v) is 12.6. The standard InChI is InChI=1S/C16H31N3/c1-13-2-4-15(5-3-13)19-11-8-16(12-19)18-9-6-14(17)7-10-18/h13-16H,2-12,17H2,1H3. The number of nitrogens with two attached hydrogens (primary N) is 1. The molecule has 1 saturated carbocycles. The van der Waals surface area contributed by atoms with Crippen LogP contribution in [0.2, 0.25) is 0 Å². The zero-order chi connectivity index (χ0) is 13.2. The van der Waals surface area contributed by atoms with E-state index in [9.17, 15) is 0 Å². The van der Waals surface area contributed by atoms with Crippen LogP contribution in [-0.2, 0) is 0 Å². The second-order valence-corrected chi connectivity index (χ2v) is 7.22. The highest BCUT2D eigenvalue weighted by Crippen LogP contribution is 2.30. The van der Waals surface area contributed by atoms with Gasteiger partial charge < -0.3 is 5.73 Å². The van der Waals surface area contributed by atoms with E-state index >= 15 is 0 Å². The van der Waals surface area contributed by atoms with Crippen LogP contribution in [0.1, 0.15) is 51.9 Å². The predicted octanol–water partition coefficient (Wildman–Crippen LogP) is 2.06. The number of likely N-dealkylation sites (tertiary alicyclic amines) is 2. The van der Waals surface area contributed by atoms with E-state index in [0.29, 0.717) is 6.04 Å². The summed E-state index contributed by atoms with van der Waals surface area (Å²) in [6.07, 6.45) is 9.59. The van der Waals surface area contributed by atoms with Crippen LogP contribution in [0.3, 0.4) is 0 Å². The van der Waals surface area contributed by atoms with E-state index in [1.807, 2.05) is 0 Å². The normalized spacial score (nSPS) is 39.8. The van der Waals surface area contributed by atoms with Gasteiger partial charge in [0.25, 0.3) is 0 Å². The first-order chi connectivity index (χ1) is 9.22. The SMILES string of the molecule is CC1CCC(N2CCC(N3CCC(N)CC3)C2)CC1. The summed E-state index contributed by atoms with van der Waals surface area (Å²) >= 11 is 0. The van der Waals surface area contributed by atoms with Crippen molar-refractivity contribution in [1.82, 2.24) is 9.80 Å². The van der Waals surface area contributed by atoms with Crippen LogP contribution in [0.25, 0.3) is 0 Å². The monoisotopic (exact) mass is 265 g/mol. The van der Waals surface area contributed by atoms with Gasteiger partial charge in [0.05, 0.1) is 0 Å². The Hall–Kier alpha value is -0.120. The van der Waals surface area contributed by atoms with Crippen LogP contribution < -0.4 is 5.73 Å². The summed E-state index contributed by atoms with van der Waals surface area (Å²) in [7, 11) is 0. The minimum Gasteiger partial charge on any atom is -0.328 e. The molecule has 0 spiro atoms. The maximum atomic E-state index is 6.02. The summed E-state index contributed by atoms with van der Waals surface area (Å²) in [5, 5.41) is 0. The van der Waals surface area contributed by atoms with E-state index in [-0.39, 0.29) is 0 Å². The van der Waals surface area contributed by atoms with E-state index in [1.165, 1.54) is 71.1 Å². The number of piperidine rings is 1. The smallest absolute Gasteiger partial charge is 0.0235 e. The minimum atomic E-state index is 0.466. The topological polar surface area (TPSA) is 32.5 Å². The Morgan fingerprint density at radius 3 is 2.05 bits per heavy atom. The van der Waals surface area contributed by atoms with Gasteiger partial charge in [0, 0.05) is 31.2 Å². The maximum Gasteiger partial charge on any atom is 0.0235 e. The van der Waals surface area contributed by atoms with Crippen molar-refractivity contribution in [2.24, 2.45) is 11.7 Å². The van der Waals surface area contributed by atoms with E-state index in [4.69, 9.17) is 5.73 Å². The molecule has 0 aromatic rings. The van der Waals surface area contributed by atoms with Gasteiger partial charge in [0.2, 0.25) is 0 Å². The average Bonchev–Trinajstić information content (AvgIpc) is 2.90. The molecule has 2 N–H and O–H groups in total. The van der Waals surface area contributed by atoms with Crippen LogP contribution in [-0.4, -0.2) is 54.1 Å². The molecule has 1 atom stereocenters. The Morgan fingerprint density at radius 2 is 1.37 bits per heavy atom. The molecule has 0 aromatic heterocycles. The summed E-state index contributed by atoms with van der Waals surface area (Å²) in [6.45, 7) is 7.56. The van der Waals surface area contributed by atoms with Crippen LogP contribution >= 0.6 is 0 Å². The van der Waals surface area contributed by atoms with Gasteiger partial charge in [-0.1, -0.05) is 6.92 Å². The van der Waals surface area contributed by atoms with E-state index in [1.54, 1.807) is 0 Å². The largest absolute Gasteiger partial charge is 0.328 e. The van der Waals surface area contributed by atoms with Gasteiger partial charge in [-0.25, -0.2) is 0 Å². The molecule has 0 bridgehead atoms. The highest BCUT2D eigenvalue weighted by Gasteiger charge is 2.33. The molecule has 0 radical (unpaired) electrons. The third-order valence-electron chi connectivity index (χ3n) is 5.79. The molecular weight excluding hydrogens is 234 g/mol. The van der Waals surface area contributed by atoms with Crippen molar-refractivity contribution in [3.8, 4) is 0 Å². The second-order valence-electron chi connectivity index (χ2n) is 7.22. The lowest BCUT2D eigenvalue weighted by Crippen LogP contribution is -2.46. The quantitative estimate of drug-likeness (QED) is 0.829. The van der Waals surface area contributed by atoms with Gasteiger partial charge in [-0.2, -0.15) is 0 Å². The highest BCUT2D eigenvalue weighted by atomic mass is 15.3. The summed E-state index contributed by atoms with van der Waals surface area (Å²) in [6, 6.07) is 2.19. The van der Waals surface area contributed by atoms with E-state index in [0.717, 1.165) is 18.0 Å². The Kier molecular flexibility index (Phi) is 4.45. The zero-order valence-electron chi connectivity index (χ0n) is 12.6. The summed E-state index contributed by atoms with van der Waals surface area (Å²) in [4.78, 5) is 5.51. The Labute approximate surface area is 118 Å². The van der Waals surface area contributed by atoms with Crippen LogP contribution in [0.4, 0.5) is 0 Å². The third kappa shape index (κ3) is 3.32. The third-order valence-corrected chi connectivity index (χ3v) is 5.79. The molecule has 19 heavy (non-hydrogen) atoms. The van der Waals surface area contributed by atoms with Crippen molar-refractivity contribution in [2.45, 2.75) is 70.0 Å². The van der Waals surface area contributed by atoms with Crippen LogP contribution in [0, 0.1) is 5.92 Å². The molecule has 3 rings (SSSR count). The molecule has 3 fully saturated rings. The average molecular weight is 265 g/mol. The maximum absolute atomic E-state index is 6.02. The Bertz CT molecular complexity index is 250. The first-order valence-corrected chi connectivity index (χ1v) is 8.46. The Balaban J connectivity index is 1.47. The van der Waals surface area contributed by atoms with Gasteiger partial charge in [0.1, 0.15) is 0 Å². The number of hydrogen-bond donors (Lipinski definition) is 1. The van der Waals surface area contributed by atoms with Crippen molar-refractivity contribution in [3.63, 3.8) is 0 Å². The molecule has 2 heterocycles. The van der Waals surface area contributed by atoms with Crippen molar-refractivity contribution >= 4 is 0 Å². The summed E-state index contributed by atoms with van der Waals surface area (Å²) in [5.41, 5.74) is 6.02. The molecule has 0 amide bonds. The lowest BCUT2D eigenvalue weighted by atomic mass is 9.87. The summed E-state index contributed by atoms with van der Waals surface area (Å²) < 4.78 is 0. The first kappa shape index (κ1) is 13.8. The number of nitrogens with zero attached hydrogens (tertiary/aromatic N) is 2. The molecule has 110 valence electrons. The summed E-state index contributed by atoms with van der Waals surface area (Å²) in [5.74, 6) is 0.971. The molecule has 2 saturated heterocycles. The molecule has 3 nitrogen and oxygen atoms in total. The molecule has 0 aromatic carbocycles. The fourth-order valence-electron chi connectivity index (χ4n) is 4.29. The van der Waals surface area contributed by atoms with E-state index < -0.39 is 0 Å². The van der Waals surface area contributed by atoms with Gasteiger partial charge in [-0.05, 0) is 64.0 Å². The molecule has 3 heteroatoms. The van der Waals surface area contributed by atoms with Crippen LogP contribution in [0.5, 0.6) is 0 Å². The van der Waals surface area contributed by atoms with Crippen molar-refractivity contribution < 1.29 is 0 Å². The fourth-order valence-corrected chi connectivity index (χ4v) is 4.29. The van der Waals surface area contributed by atoms with E-state index in [2.05, 4.69) is 16.7 Å². The lowest BCUT2D eigenvalue weighted by molar-refractivity contribution is 0.128. The van der Waals surface area contributed by atoms with Crippen molar-refractivity contribution in [2.75, 3.05) is 26.2 Å². The fraction of sp³-hybridized carbons (Fsp3) is 1.00. The first-order valence-electron chi connectivity index (χ1n) is 8.46. The van der Waals surface area contributed by atoms with Gasteiger partial charge in [-0.3, -0.25) is 9.80 Å². The van der Waals surface area contributed by atoms with Gasteiger partial charge in [-0.15, -0.1) is 0 Å².